The summed E-state index contributed by atoms with van der Waals surface area (Å²) in [5.74, 6) is -0.125. The van der Waals surface area contributed by atoms with Crippen LogP contribution < -0.4 is 5.32 Å². The molecule has 0 aromatic carbocycles. The van der Waals surface area contributed by atoms with E-state index in [2.05, 4.69) is 31.0 Å². The van der Waals surface area contributed by atoms with Gasteiger partial charge < -0.3 is 15.0 Å². The Morgan fingerprint density at radius 1 is 1.28 bits per heavy atom. The highest BCUT2D eigenvalue weighted by Crippen LogP contribution is 2.06. The maximum absolute atomic E-state index is 11.8. The third kappa shape index (κ3) is 6.36. The van der Waals surface area contributed by atoms with E-state index in [0.29, 0.717) is 12.6 Å². The Morgan fingerprint density at radius 2 is 1.94 bits per heavy atom. The van der Waals surface area contributed by atoms with E-state index in [-0.39, 0.29) is 12.0 Å². The van der Waals surface area contributed by atoms with Gasteiger partial charge in [0, 0.05) is 12.6 Å². The first kappa shape index (κ1) is 17.4. The van der Waals surface area contributed by atoms with Gasteiger partial charge in [-0.15, -0.1) is 0 Å². The van der Waals surface area contributed by atoms with Crippen LogP contribution in [-0.2, 0) is 9.53 Å². The first-order chi connectivity index (χ1) is 8.60. The summed E-state index contributed by atoms with van der Waals surface area (Å²) in [7, 11) is 0. The van der Waals surface area contributed by atoms with Crippen LogP contribution in [0.4, 0.5) is 0 Å². The lowest BCUT2D eigenvalue weighted by Crippen LogP contribution is -2.42. The Kier molecular flexibility index (Phi) is 9.98. The van der Waals surface area contributed by atoms with Gasteiger partial charge in [0.25, 0.3) is 0 Å². The zero-order valence-electron chi connectivity index (χ0n) is 12.7. The van der Waals surface area contributed by atoms with Crippen LogP contribution in [0.3, 0.4) is 0 Å². The summed E-state index contributed by atoms with van der Waals surface area (Å²) in [6, 6.07) is 0.396. The van der Waals surface area contributed by atoms with Crippen LogP contribution in [0.1, 0.15) is 47.5 Å². The smallest absolute Gasteiger partial charge is 0.323 e. The minimum atomic E-state index is -0.173. The van der Waals surface area contributed by atoms with Crippen LogP contribution in [0.2, 0.25) is 0 Å². The molecule has 0 rings (SSSR count). The molecule has 0 aliphatic carbocycles. The van der Waals surface area contributed by atoms with Crippen LogP contribution >= 0.6 is 0 Å². The molecule has 0 heterocycles. The molecule has 0 aliphatic rings. The van der Waals surface area contributed by atoms with Crippen LogP contribution in [-0.4, -0.2) is 49.2 Å². The highest BCUT2D eigenvalue weighted by atomic mass is 16.5. The lowest BCUT2D eigenvalue weighted by molar-refractivity contribution is -0.145. The summed E-state index contributed by atoms with van der Waals surface area (Å²) < 4.78 is 5.09. The van der Waals surface area contributed by atoms with Gasteiger partial charge in [-0.2, -0.15) is 0 Å². The standard InChI is InChI=1S/C14H30N2O2/c1-6-12(5)16(8-3)11-10-13(15-7-2)14(17)18-9-4/h12-13,15H,6-11H2,1-5H3. The van der Waals surface area contributed by atoms with Crippen LogP contribution in [0.5, 0.6) is 0 Å². The van der Waals surface area contributed by atoms with Gasteiger partial charge in [-0.3, -0.25) is 4.79 Å². The molecule has 0 saturated carbocycles. The van der Waals surface area contributed by atoms with Crippen molar-refractivity contribution in [1.29, 1.82) is 0 Å². The second kappa shape index (κ2) is 10.3. The molecule has 0 spiro atoms. The van der Waals surface area contributed by atoms with Gasteiger partial charge in [-0.1, -0.05) is 20.8 Å². The zero-order chi connectivity index (χ0) is 14.0. The minimum absolute atomic E-state index is 0.125. The Hall–Kier alpha value is -0.610. The number of carbonyl (C=O) groups is 1. The maximum Gasteiger partial charge on any atom is 0.323 e. The molecule has 0 amide bonds. The van der Waals surface area contributed by atoms with Gasteiger partial charge in [0.2, 0.25) is 0 Å². The summed E-state index contributed by atoms with van der Waals surface area (Å²) >= 11 is 0. The summed E-state index contributed by atoms with van der Waals surface area (Å²) in [4.78, 5) is 14.2. The van der Waals surface area contributed by atoms with Crippen molar-refractivity contribution < 1.29 is 9.53 Å². The number of hydrogen-bond acceptors (Lipinski definition) is 4. The molecule has 2 unspecified atom stereocenters. The van der Waals surface area contributed by atoms with Gasteiger partial charge >= 0.3 is 5.97 Å². The summed E-state index contributed by atoms with van der Waals surface area (Å²) in [6.07, 6.45) is 1.95. The van der Waals surface area contributed by atoms with Crippen molar-refractivity contribution in [3.8, 4) is 0 Å². The largest absolute Gasteiger partial charge is 0.465 e. The van der Waals surface area contributed by atoms with Crippen LogP contribution in [0.15, 0.2) is 0 Å². The number of hydrogen-bond donors (Lipinski definition) is 1. The molecule has 0 aliphatic heterocycles. The van der Waals surface area contributed by atoms with Crippen molar-refractivity contribution >= 4 is 5.97 Å². The molecule has 0 aromatic heterocycles. The Bertz CT molecular complexity index is 222. The highest BCUT2D eigenvalue weighted by molar-refractivity contribution is 5.75. The van der Waals surface area contributed by atoms with Crippen LogP contribution in [0, 0.1) is 0 Å². The quantitative estimate of drug-likeness (QED) is 0.609. The average molecular weight is 258 g/mol. The molecule has 18 heavy (non-hydrogen) atoms. The Balaban J connectivity index is 4.27. The van der Waals surface area contributed by atoms with Gasteiger partial charge in [-0.25, -0.2) is 0 Å². The van der Waals surface area contributed by atoms with Crippen molar-refractivity contribution in [2.24, 2.45) is 0 Å². The highest BCUT2D eigenvalue weighted by Gasteiger charge is 2.20. The minimum Gasteiger partial charge on any atom is -0.465 e. The van der Waals surface area contributed by atoms with Gasteiger partial charge in [0.15, 0.2) is 0 Å². The molecular formula is C14H30N2O2. The number of nitrogens with one attached hydrogen (secondary N) is 1. The molecule has 108 valence electrons. The molecule has 1 N–H and O–H groups in total. The molecule has 0 saturated heterocycles. The number of likely N-dealkylation sites (N-methyl/N-ethyl adjacent to an activating group) is 1. The van der Waals surface area contributed by atoms with Crippen molar-refractivity contribution in [1.82, 2.24) is 10.2 Å². The van der Waals surface area contributed by atoms with E-state index in [0.717, 1.165) is 32.5 Å². The molecule has 4 heteroatoms. The van der Waals surface area contributed by atoms with E-state index in [1.54, 1.807) is 0 Å². The average Bonchev–Trinajstić information content (AvgIpc) is 2.37. The molecular weight excluding hydrogens is 228 g/mol. The molecule has 0 aromatic rings. The first-order valence-corrected chi connectivity index (χ1v) is 7.24. The molecule has 0 fully saturated rings. The SMILES string of the molecule is CCNC(CCN(CC)C(C)CC)C(=O)OCC. The third-order valence-electron chi connectivity index (χ3n) is 3.35. The summed E-state index contributed by atoms with van der Waals surface area (Å²) in [6.45, 7) is 13.6. The second-order valence-corrected chi connectivity index (χ2v) is 4.54. The maximum atomic E-state index is 11.8. The van der Waals surface area contributed by atoms with E-state index in [1.165, 1.54) is 0 Å². The monoisotopic (exact) mass is 258 g/mol. The molecule has 0 bridgehead atoms. The van der Waals surface area contributed by atoms with E-state index in [1.807, 2.05) is 13.8 Å². The Labute approximate surface area is 112 Å². The van der Waals surface area contributed by atoms with Gasteiger partial charge in [0.1, 0.15) is 6.04 Å². The van der Waals surface area contributed by atoms with Crippen molar-refractivity contribution in [2.45, 2.75) is 59.5 Å². The lowest BCUT2D eigenvalue weighted by Gasteiger charge is -2.28. The first-order valence-electron chi connectivity index (χ1n) is 7.24. The third-order valence-corrected chi connectivity index (χ3v) is 3.35. The summed E-state index contributed by atoms with van der Waals surface area (Å²) in [5.41, 5.74) is 0. The van der Waals surface area contributed by atoms with E-state index in [9.17, 15) is 4.79 Å². The fourth-order valence-corrected chi connectivity index (χ4v) is 2.04. The number of ether oxygens (including phenoxy) is 1. The normalized spacial score (nSPS) is 14.6. The molecule has 2 atom stereocenters. The lowest BCUT2D eigenvalue weighted by atomic mass is 10.1. The fraction of sp³-hybridized carbons (Fsp3) is 0.929. The predicted molar refractivity (Wildman–Crippen MR) is 75.7 cm³/mol. The van der Waals surface area contributed by atoms with Gasteiger partial charge in [-0.05, 0) is 39.8 Å². The van der Waals surface area contributed by atoms with Crippen molar-refractivity contribution in [3.63, 3.8) is 0 Å². The van der Waals surface area contributed by atoms with Crippen molar-refractivity contribution in [2.75, 3.05) is 26.2 Å². The molecule has 4 nitrogen and oxygen atoms in total. The fourth-order valence-electron chi connectivity index (χ4n) is 2.04. The van der Waals surface area contributed by atoms with Crippen molar-refractivity contribution in [3.05, 3.63) is 0 Å². The number of rotatable bonds is 10. The van der Waals surface area contributed by atoms with E-state index in [4.69, 9.17) is 4.74 Å². The number of esters is 1. The predicted octanol–water partition coefficient (Wildman–Crippen LogP) is 2.04. The Morgan fingerprint density at radius 3 is 2.39 bits per heavy atom. The molecule has 0 radical (unpaired) electrons. The second-order valence-electron chi connectivity index (χ2n) is 4.54. The van der Waals surface area contributed by atoms with Gasteiger partial charge in [0.05, 0.1) is 6.61 Å². The van der Waals surface area contributed by atoms with E-state index < -0.39 is 0 Å². The summed E-state index contributed by atoms with van der Waals surface area (Å²) in [5, 5.41) is 3.20. The van der Waals surface area contributed by atoms with Crippen LogP contribution in [0.25, 0.3) is 0 Å². The van der Waals surface area contributed by atoms with E-state index >= 15 is 0 Å². The number of nitrogens with zero attached hydrogens (tertiary/aromatic N) is 1. The number of carbonyl (C=O) groups excluding carboxylic acids is 1. The topological polar surface area (TPSA) is 41.6 Å². The zero-order valence-corrected chi connectivity index (χ0v) is 12.7.